The Balaban J connectivity index is 2.94. The molecule has 0 aliphatic carbocycles. The molecule has 1 atom stereocenters. The molecule has 0 saturated carbocycles. The standard InChI is InChI=1S/C13H16INO4/c1-7(2)11(13(18)19-3)15-12(17)9-6-8(14)4-5-10(9)16/h4-7,11,16H,1-3H3,(H,15,17). The summed E-state index contributed by atoms with van der Waals surface area (Å²) in [5, 5.41) is 12.2. The molecule has 5 nitrogen and oxygen atoms in total. The molecule has 0 radical (unpaired) electrons. The van der Waals surface area contributed by atoms with Crippen molar-refractivity contribution in [3.8, 4) is 5.75 Å². The maximum atomic E-state index is 12.1. The summed E-state index contributed by atoms with van der Waals surface area (Å²) in [7, 11) is 1.27. The number of rotatable bonds is 4. The molecule has 1 rings (SSSR count). The SMILES string of the molecule is COC(=O)C(NC(=O)c1cc(I)ccc1O)C(C)C. The van der Waals surface area contributed by atoms with Crippen LogP contribution in [0.4, 0.5) is 0 Å². The Labute approximate surface area is 125 Å². The average molecular weight is 377 g/mol. The highest BCUT2D eigenvalue weighted by Gasteiger charge is 2.26. The molecular weight excluding hydrogens is 361 g/mol. The highest BCUT2D eigenvalue weighted by atomic mass is 127. The maximum Gasteiger partial charge on any atom is 0.328 e. The molecule has 1 aromatic rings. The molecule has 1 amide bonds. The number of phenols is 1. The Bertz CT molecular complexity index is 488. The second-order valence-corrected chi connectivity index (χ2v) is 5.63. The number of hydrogen-bond acceptors (Lipinski definition) is 4. The topological polar surface area (TPSA) is 75.6 Å². The minimum atomic E-state index is -0.741. The number of halogens is 1. The molecular formula is C13H16INO4. The lowest BCUT2D eigenvalue weighted by atomic mass is 10.0. The Morgan fingerprint density at radius 2 is 2.00 bits per heavy atom. The molecule has 0 aliphatic heterocycles. The lowest BCUT2D eigenvalue weighted by Gasteiger charge is -2.20. The number of amides is 1. The molecule has 0 spiro atoms. The van der Waals surface area contributed by atoms with Crippen LogP contribution >= 0.6 is 22.6 Å². The predicted molar refractivity (Wildman–Crippen MR) is 78.9 cm³/mol. The number of phenolic OH excluding ortho intramolecular Hbond substituents is 1. The molecule has 19 heavy (non-hydrogen) atoms. The number of hydrogen-bond donors (Lipinski definition) is 2. The third kappa shape index (κ3) is 4.09. The van der Waals surface area contributed by atoms with E-state index in [0.29, 0.717) is 0 Å². The fourth-order valence-electron chi connectivity index (χ4n) is 1.53. The van der Waals surface area contributed by atoms with E-state index in [2.05, 4.69) is 10.1 Å². The predicted octanol–water partition coefficient (Wildman–Crippen LogP) is 1.92. The Kier molecular flexibility index (Phi) is 5.59. The molecule has 0 bridgehead atoms. The van der Waals surface area contributed by atoms with Gasteiger partial charge in [0.2, 0.25) is 0 Å². The van der Waals surface area contributed by atoms with Gasteiger partial charge in [-0.25, -0.2) is 4.79 Å². The van der Waals surface area contributed by atoms with E-state index < -0.39 is 17.9 Å². The zero-order valence-corrected chi connectivity index (χ0v) is 13.1. The van der Waals surface area contributed by atoms with E-state index in [4.69, 9.17) is 0 Å². The molecule has 1 aromatic carbocycles. The van der Waals surface area contributed by atoms with Crippen LogP contribution in [0.15, 0.2) is 18.2 Å². The minimum Gasteiger partial charge on any atom is -0.507 e. The smallest absolute Gasteiger partial charge is 0.328 e. The zero-order chi connectivity index (χ0) is 14.6. The van der Waals surface area contributed by atoms with Gasteiger partial charge in [-0.1, -0.05) is 13.8 Å². The highest BCUT2D eigenvalue weighted by molar-refractivity contribution is 14.1. The number of ether oxygens (including phenoxy) is 1. The van der Waals surface area contributed by atoms with Gasteiger partial charge in [0.1, 0.15) is 11.8 Å². The molecule has 0 heterocycles. The van der Waals surface area contributed by atoms with Crippen LogP contribution < -0.4 is 5.32 Å². The van der Waals surface area contributed by atoms with Gasteiger partial charge in [0.15, 0.2) is 0 Å². The minimum absolute atomic E-state index is 0.110. The van der Waals surface area contributed by atoms with Crippen LogP contribution in [0.3, 0.4) is 0 Å². The summed E-state index contributed by atoms with van der Waals surface area (Å²) in [6.45, 7) is 3.60. The fraction of sp³-hybridized carbons (Fsp3) is 0.385. The summed E-state index contributed by atoms with van der Waals surface area (Å²) in [6, 6.07) is 3.95. The zero-order valence-electron chi connectivity index (χ0n) is 10.9. The monoisotopic (exact) mass is 377 g/mol. The van der Waals surface area contributed by atoms with E-state index in [9.17, 15) is 14.7 Å². The second kappa shape index (κ2) is 6.74. The van der Waals surface area contributed by atoms with Crippen molar-refractivity contribution in [2.24, 2.45) is 5.92 Å². The lowest BCUT2D eigenvalue weighted by molar-refractivity contribution is -0.144. The van der Waals surface area contributed by atoms with E-state index in [0.717, 1.165) is 3.57 Å². The quantitative estimate of drug-likeness (QED) is 0.621. The van der Waals surface area contributed by atoms with Gasteiger partial charge in [0, 0.05) is 3.57 Å². The second-order valence-electron chi connectivity index (χ2n) is 4.38. The van der Waals surface area contributed by atoms with E-state index in [1.54, 1.807) is 26.0 Å². The van der Waals surface area contributed by atoms with Gasteiger partial charge in [-0.2, -0.15) is 0 Å². The number of esters is 1. The lowest BCUT2D eigenvalue weighted by Crippen LogP contribution is -2.45. The Hall–Kier alpha value is -1.31. The van der Waals surface area contributed by atoms with Crippen molar-refractivity contribution in [1.82, 2.24) is 5.32 Å². The number of aromatic hydroxyl groups is 1. The molecule has 0 aromatic heterocycles. The summed E-state index contributed by atoms with van der Waals surface area (Å²) >= 11 is 2.04. The molecule has 104 valence electrons. The van der Waals surface area contributed by atoms with Gasteiger partial charge < -0.3 is 15.2 Å². The average Bonchev–Trinajstić information content (AvgIpc) is 2.37. The van der Waals surface area contributed by atoms with Gasteiger partial charge in [-0.15, -0.1) is 0 Å². The van der Waals surface area contributed by atoms with Crippen molar-refractivity contribution < 1.29 is 19.4 Å². The van der Waals surface area contributed by atoms with Crippen LogP contribution in [0.1, 0.15) is 24.2 Å². The van der Waals surface area contributed by atoms with Crippen LogP contribution in [-0.2, 0) is 9.53 Å². The number of benzene rings is 1. The van der Waals surface area contributed by atoms with Gasteiger partial charge in [-0.05, 0) is 46.7 Å². The number of methoxy groups -OCH3 is 1. The third-order valence-corrected chi connectivity index (χ3v) is 3.28. The van der Waals surface area contributed by atoms with Crippen molar-refractivity contribution in [3.05, 3.63) is 27.3 Å². The van der Waals surface area contributed by atoms with Crippen molar-refractivity contribution in [1.29, 1.82) is 0 Å². The van der Waals surface area contributed by atoms with E-state index in [1.165, 1.54) is 13.2 Å². The van der Waals surface area contributed by atoms with Gasteiger partial charge in [-0.3, -0.25) is 4.79 Å². The number of carbonyl (C=O) groups excluding carboxylic acids is 2. The molecule has 0 saturated heterocycles. The summed E-state index contributed by atoms with van der Waals surface area (Å²) in [5.41, 5.74) is 0.140. The third-order valence-electron chi connectivity index (χ3n) is 2.61. The first-order chi connectivity index (χ1) is 8.86. The fourth-order valence-corrected chi connectivity index (χ4v) is 2.03. The van der Waals surface area contributed by atoms with Gasteiger partial charge in [0.05, 0.1) is 12.7 Å². The summed E-state index contributed by atoms with van der Waals surface area (Å²) in [5.74, 6) is -1.24. The first kappa shape index (κ1) is 15.7. The normalized spacial score (nSPS) is 12.1. The molecule has 6 heteroatoms. The van der Waals surface area contributed by atoms with E-state index >= 15 is 0 Å². The largest absolute Gasteiger partial charge is 0.507 e. The molecule has 0 fully saturated rings. The van der Waals surface area contributed by atoms with Crippen LogP contribution in [0.2, 0.25) is 0 Å². The van der Waals surface area contributed by atoms with Crippen molar-refractivity contribution in [3.63, 3.8) is 0 Å². The number of carbonyl (C=O) groups is 2. The molecule has 2 N–H and O–H groups in total. The molecule has 0 aliphatic rings. The van der Waals surface area contributed by atoms with E-state index in [-0.39, 0.29) is 17.2 Å². The van der Waals surface area contributed by atoms with Crippen LogP contribution in [0, 0.1) is 9.49 Å². The first-order valence-electron chi connectivity index (χ1n) is 5.74. The van der Waals surface area contributed by atoms with Gasteiger partial charge in [0.25, 0.3) is 5.91 Å². The highest BCUT2D eigenvalue weighted by Crippen LogP contribution is 2.20. The van der Waals surface area contributed by atoms with Crippen molar-refractivity contribution >= 4 is 34.5 Å². The Morgan fingerprint density at radius 1 is 1.37 bits per heavy atom. The van der Waals surface area contributed by atoms with Gasteiger partial charge >= 0.3 is 5.97 Å². The first-order valence-corrected chi connectivity index (χ1v) is 6.82. The van der Waals surface area contributed by atoms with Crippen LogP contribution in [-0.4, -0.2) is 30.1 Å². The Morgan fingerprint density at radius 3 is 2.53 bits per heavy atom. The summed E-state index contributed by atoms with van der Waals surface area (Å²) < 4.78 is 5.47. The molecule has 1 unspecified atom stereocenters. The van der Waals surface area contributed by atoms with Crippen molar-refractivity contribution in [2.75, 3.05) is 7.11 Å². The van der Waals surface area contributed by atoms with E-state index in [1.807, 2.05) is 22.6 Å². The summed E-state index contributed by atoms with van der Waals surface area (Å²) in [4.78, 5) is 23.6. The summed E-state index contributed by atoms with van der Waals surface area (Å²) in [6.07, 6.45) is 0. The van der Waals surface area contributed by atoms with Crippen LogP contribution in [0.25, 0.3) is 0 Å². The maximum absolute atomic E-state index is 12.1. The van der Waals surface area contributed by atoms with Crippen LogP contribution in [0.5, 0.6) is 5.75 Å². The number of nitrogens with one attached hydrogen (secondary N) is 1. The van der Waals surface area contributed by atoms with Crippen molar-refractivity contribution in [2.45, 2.75) is 19.9 Å².